The highest BCUT2D eigenvalue weighted by molar-refractivity contribution is 6.30. The molecule has 0 fully saturated rings. The van der Waals surface area contributed by atoms with Crippen LogP contribution in [0.15, 0.2) is 54.6 Å². The van der Waals surface area contributed by atoms with Crippen molar-refractivity contribution in [1.82, 2.24) is 9.78 Å². The Labute approximate surface area is 169 Å². The summed E-state index contributed by atoms with van der Waals surface area (Å²) in [4.78, 5) is 10.8. The number of hydrogen-bond acceptors (Lipinski definition) is 3. The SMILES string of the molecule is Cc1cc(COc2ccc(CC(C)CC(=O)O)cc2)n(-c2ccc(Cl)cc2)n1. The maximum absolute atomic E-state index is 10.8. The van der Waals surface area contributed by atoms with Crippen molar-refractivity contribution in [2.75, 3.05) is 0 Å². The molecule has 1 N–H and O–H groups in total. The van der Waals surface area contributed by atoms with Crippen LogP contribution in [-0.4, -0.2) is 20.9 Å². The zero-order valence-electron chi connectivity index (χ0n) is 15.9. The number of carboxylic acid groups (broad SMARTS) is 1. The zero-order valence-corrected chi connectivity index (χ0v) is 16.7. The summed E-state index contributed by atoms with van der Waals surface area (Å²) in [5, 5.41) is 14.1. The van der Waals surface area contributed by atoms with Gasteiger partial charge in [-0.05, 0) is 67.3 Å². The number of carboxylic acids is 1. The number of ether oxygens (including phenoxy) is 1. The topological polar surface area (TPSA) is 64.3 Å². The fourth-order valence-electron chi connectivity index (χ4n) is 3.11. The summed E-state index contributed by atoms with van der Waals surface area (Å²) in [7, 11) is 0. The van der Waals surface area contributed by atoms with E-state index in [0.29, 0.717) is 11.6 Å². The molecule has 0 saturated heterocycles. The molecule has 0 aliphatic carbocycles. The number of aliphatic carboxylic acids is 1. The lowest BCUT2D eigenvalue weighted by atomic mass is 9.98. The van der Waals surface area contributed by atoms with Gasteiger partial charge in [-0.25, -0.2) is 4.68 Å². The van der Waals surface area contributed by atoms with Gasteiger partial charge < -0.3 is 9.84 Å². The summed E-state index contributed by atoms with van der Waals surface area (Å²) in [5.74, 6) is 0.0946. The van der Waals surface area contributed by atoms with Gasteiger partial charge in [-0.3, -0.25) is 4.79 Å². The predicted molar refractivity (Wildman–Crippen MR) is 109 cm³/mol. The van der Waals surface area contributed by atoms with E-state index in [9.17, 15) is 4.79 Å². The molecule has 1 aromatic heterocycles. The van der Waals surface area contributed by atoms with Crippen LogP contribution < -0.4 is 4.74 Å². The second-order valence-electron chi connectivity index (χ2n) is 7.01. The highest BCUT2D eigenvalue weighted by Gasteiger charge is 2.10. The molecule has 3 aromatic rings. The average Bonchev–Trinajstić information content (AvgIpc) is 3.02. The molecule has 0 aliphatic heterocycles. The Bertz CT molecular complexity index is 933. The van der Waals surface area contributed by atoms with Gasteiger partial charge in [-0.15, -0.1) is 0 Å². The molecule has 6 heteroatoms. The minimum atomic E-state index is -0.764. The third-order valence-electron chi connectivity index (χ3n) is 4.39. The summed E-state index contributed by atoms with van der Waals surface area (Å²) in [5.41, 5.74) is 3.89. The number of halogens is 1. The molecule has 0 saturated carbocycles. The smallest absolute Gasteiger partial charge is 0.303 e. The minimum Gasteiger partial charge on any atom is -0.487 e. The van der Waals surface area contributed by atoms with Crippen molar-refractivity contribution in [3.8, 4) is 11.4 Å². The maximum atomic E-state index is 10.8. The molecule has 0 radical (unpaired) electrons. The van der Waals surface area contributed by atoms with Crippen molar-refractivity contribution < 1.29 is 14.6 Å². The minimum absolute atomic E-state index is 0.0981. The largest absolute Gasteiger partial charge is 0.487 e. The second-order valence-corrected chi connectivity index (χ2v) is 7.44. The predicted octanol–water partition coefficient (Wildman–Crippen LogP) is 5.07. The van der Waals surface area contributed by atoms with Crippen LogP contribution in [0.1, 0.15) is 30.3 Å². The lowest BCUT2D eigenvalue weighted by molar-refractivity contribution is -0.137. The molecule has 0 spiro atoms. The van der Waals surface area contributed by atoms with Crippen LogP contribution in [0.2, 0.25) is 5.02 Å². The lowest BCUT2D eigenvalue weighted by Gasteiger charge is -2.11. The highest BCUT2D eigenvalue weighted by atomic mass is 35.5. The Morgan fingerprint density at radius 2 is 1.86 bits per heavy atom. The monoisotopic (exact) mass is 398 g/mol. The molecule has 0 bridgehead atoms. The quantitative estimate of drug-likeness (QED) is 0.575. The van der Waals surface area contributed by atoms with Crippen molar-refractivity contribution in [3.63, 3.8) is 0 Å². The summed E-state index contributed by atoms with van der Waals surface area (Å²) in [6.45, 7) is 4.28. The van der Waals surface area contributed by atoms with E-state index in [4.69, 9.17) is 21.4 Å². The van der Waals surface area contributed by atoms with E-state index in [-0.39, 0.29) is 12.3 Å². The van der Waals surface area contributed by atoms with Crippen LogP contribution in [0.4, 0.5) is 0 Å². The first kappa shape index (κ1) is 20.0. The number of aromatic nitrogens is 2. The van der Waals surface area contributed by atoms with Gasteiger partial charge in [0.05, 0.1) is 17.1 Å². The van der Waals surface area contributed by atoms with Crippen molar-refractivity contribution >= 4 is 17.6 Å². The van der Waals surface area contributed by atoms with E-state index < -0.39 is 5.97 Å². The van der Waals surface area contributed by atoms with Gasteiger partial charge in [-0.2, -0.15) is 5.10 Å². The van der Waals surface area contributed by atoms with E-state index in [1.807, 2.05) is 73.1 Å². The Hall–Kier alpha value is -2.79. The van der Waals surface area contributed by atoms with Gasteiger partial charge in [0.15, 0.2) is 0 Å². The van der Waals surface area contributed by atoms with Crippen LogP contribution in [0.25, 0.3) is 5.69 Å². The van der Waals surface area contributed by atoms with Crippen molar-refractivity contribution in [2.24, 2.45) is 5.92 Å². The molecular weight excluding hydrogens is 376 g/mol. The summed E-state index contributed by atoms with van der Waals surface area (Å²) in [6.07, 6.45) is 0.904. The summed E-state index contributed by atoms with van der Waals surface area (Å²) < 4.78 is 7.79. The molecule has 28 heavy (non-hydrogen) atoms. The average molecular weight is 399 g/mol. The highest BCUT2D eigenvalue weighted by Crippen LogP contribution is 2.20. The Kier molecular flexibility index (Phi) is 6.37. The van der Waals surface area contributed by atoms with E-state index in [2.05, 4.69) is 5.10 Å². The molecule has 1 unspecified atom stereocenters. The lowest BCUT2D eigenvalue weighted by Crippen LogP contribution is -2.07. The number of hydrogen-bond donors (Lipinski definition) is 1. The fraction of sp³-hybridized carbons (Fsp3) is 0.273. The standard InChI is InChI=1S/C22H23ClN2O3/c1-15(12-22(26)27)11-17-3-9-21(10-4-17)28-14-20-13-16(2)24-25(20)19-7-5-18(23)6-8-19/h3-10,13,15H,11-12,14H2,1-2H3,(H,26,27). The number of rotatable bonds is 8. The molecular formula is C22H23ClN2O3. The molecule has 0 amide bonds. The molecule has 2 aromatic carbocycles. The fourth-order valence-corrected chi connectivity index (χ4v) is 3.24. The van der Waals surface area contributed by atoms with Crippen LogP contribution in [0.5, 0.6) is 5.75 Å². The van der Waals surface area contributed by atoms with E-state index in [1.54, 1.807) is 0 Å². The maximum Gasteiger partial charge on any atom is 0.303 e. The van der Waals surface area contributed by atoms with Crippen LogP contribution in [0.3, 0.4) is 0 Å². The first-order chi connectivity index (χ1) is 13.4. The van der Waals surface area contributed by atoms with Gasteiger partial charge >= 0.3 is 5.97 Å². The molecule has 5 nitrogen and oxygen atoms in total. The molecule has 1 atom stereocenters. The zero-order chi connectivity index (χ0) is 20.1. The van der Waals surface area contributed by atoms with Crippen LogP contribution in [0, 0.1) is 12.8 Å². The number of benzene rings is 2. The first-order valence-electron chi connectivity index (χ1n) is 9.15. The van der Waals surface area contributed by atoms with Crippen LogP contribution >= 0.6 is 11.6 Å². The van der Waals surface area contributed by atoms with Gasteiger partial charge in [0, 0.05) is 11.4 Å². The summed E-state index contributed by atoms with van der Waals surface area (Å²) >= 11 is 5.97. The van der Waals surface area contributed by atoms with Gasteiger partial charge in [0.25, 0.3) is 0 Å². The van der Waals surface area contributed by atoms with Crippen molar-refractivity contribution in [2.45, 2.75) is 33.3 Å². The van der Waals surface area contributed by atoms with E-state index in [1.165, 1.54) is 0 Å². The second kappa shape index (κ2) is 8.93. The summed E-state index contributed by atoms with van der Waals surface area (Å²) in [6, 6.07) is 17.3. The molecule has 1 heterocycles. The molecule has 0 aliphatic rings. The Morgan fingerprint density at radius 3 is 2.50 bits per heavy atom. The number of carbonyl (C=O) groups is 1. The first-order valence-corrected chi connectivity index (χ1v) is 9.53. The number of aryl methyl sites for hydroxylation is 1. The molecule has 146 valence electrons. The van der Waals surface area contributed by atoms with E-state index in [0.717, 1.165) is 34.8 Å². The van der Waals surface area contributed by atoms with Gasteiger partial charge in [0.1, 0.15) is 12.4 Å². The molecule has 3 rings (SSSR count). The number of nitrogens with zero attached hydrogens (tertiary/aromatic N) is 2. The van der Waals surface area contributed by atoms with E-state index >= 15 is 0 Å². The Morgan fingerprint density at radius 1 is 1.18 bits per heavy atom. The van der Waals surface area contributed by atoms with Gasteiger partial charge in [-0.1, -0.05) is 30.7 Å². The normalized spacial score (nSPS) is 12.0. The van der Waals surface area contributed by atoms with Crippen LogP contribution in [-0.2, 0) is 17.8 Å². The Balaban J connectivity index is 1.64. The van der Waals surface area contributed by atoms with Crippen molar-refractivity contribution in [3.05, 3.63) is 76.6 Å². The third-order valence-corrected chi connectivity index (χ3v) is 4.65. The van der Waals surface area contributed by atoms with Crippen molar-refractivity contribution in [1.29, 1.82) is 0 Å². The van der Waals surface area contributed by atoms with Gasteiger partial charge in [0.2, 0.25) is 0 Å². The third kappa shape index (κ3) is 5.36.